The van der Waals surface area contributed by atoms with Gasteiger partial charge in [0.15, 0.2) is 0 Å². The Labute approximate surface area is 197 Å². The van der Waals surface area contributed by atoms with E-state index < -0.39 is 22.6 Å². The van der Waals surface area contributed by atoms with Gasteiger partial charge in [-0.3, -0.25) is 4.79 Å². The van der Waals surface area contributed by atoms with E-state index in [2.05, 4.69) is 34.6 Å². The number of hydrogen-bond donors (Lipinski definition) is 0. The molecule has 0 saturated carbocycles. The van der Waals surface area contributed by atoms with Crippen molar-refractivity contribution in [3.05, 3.63) is 0 Å². The van der Waals surface area contributed by atoms with Crippen LogP contribution in [0.1, 0.15) is 120 Å². The van der Waals surface area contributed by atoms with Gasteiger partial charge in [0, 0.05) is 13.2 Å². The van der Waals surface area contributed by atoms with Crippen LogP contribution >= 0.6 is 0 Å². The topological polar surface area (TPSA) is 44.8 Å². The fourth-order valence-corrected chi connectivity index (χ4v) is 10.7. The smallest absolute Gasteiger partial charge is 0.402 e. The van der Waals surface area contributed by atoms with E-state index in [1.165, 1.54) is 51.4 Å². The lowest BCUT2D eigenvalue weighted by Gasteiger charge is -2.40. The molecule has 0 spiro atoms. The van der Waals surface area contributed by atoms with Crippen molar-refractivity contribution in [1.82, 2.24) is 0 Å². The maximum atomic E-state index is 13.8. The van der Waals surface area contributed by atoms with E-state index >= 15 is 0 Å². The number of carbonyl (C=O) groups excluding carboxylic acids is 1. The zero-order chi connectivity index (χ0) is 23.8. The molecule has 0 aliphatic heterocycles. The lowest BCUT2D eigenvalue weighted by molar-refractivity contribution is -0.139. The molecule has 0 aromatic rings. The first-order valence-electron chi connectivity index (χ1n) is 13.2. The van der Waals surface area contributed by atoms with Gasteiger partial charge in [-0.05, 0) is 44.8 Å². The van der Waals surface area contributed by atoms with Gasteiger partial charge in [0.2, 0.25) is 0 Å². The minimum Gasteiger partial charge on any atom is -0.518 e. The van der Waals surface area contributed by atoms with Crippen LogP contribution in [-0.2, 0) is 18.1 Å². The van der Waals surface area contributed by atoms with Crippen LogP contribution in [0.2, 0.25) is 22.7 Å². The molecule has 0 heterocycles. The number of unbranched alkanes of at least 4 members (excludes halogenated alkanes) is 6. The predicted octanol–water partition coefficient (Wildman–Crippen LogP) is 8.17. The van der Waals surface area contributed by atoms with Gasteiger partial charge >= 0.3 is 9.28 Å². The molecular formula is C25H53O4Si2. The van der Waals surface area contributed by atoms with Crippen LogP contribution in [0.4, 0.5) is 0 Å². The quantitative estimate of drug-likeness (QED) is 0.132. The zero-order valence-corrected chi connectivity index (χ0v) is 24.1. The van der Waals surface area contributed by atoms with Crippen LogP contribution in [-0.4, -0.2) is 36.8 Å². The van der Waals surface area contributed by atoms with Crippen molar-refractivity contribution in [3.63, 3.8) is 0 Å². The zero-order valence-electron chi connectivity index (χ0n) is 22.1. The Kier molecular flexibility index (Phi) is 17.2. The summed E-state index contributed by atoms with van der Waals surface area (Å²) in [5.74, 6) is -0.0521. The maximum Gasteiger partial charge on any atom is 0.402 e. The first-order chi connectivity index (χ1) is 14.8. The second-order valence-corrected chi connectivity index (χ2v) is 15.8. The van der Waals surface area contributed by atoms with Gasteiger partial charge in [-0.1, -0.05) is 92.4 Å². The largest absolute Gasteiger partial charge is 0.518 e. The standard InChI is InChI=1S/C25H53O4Si2/c1-9-15-17-19-21-31(23(7)11-3,22-20-18-16-10-2)29-24(26)25(8,12-4)30(27-13-5)28-14-6/h23H,9-22H2,1-8H3. The van der Waals surface area contributed by atoms with E-state index in [1.54, 1.807) is 0 Å². The summed E-state index contributed by atoms with van der Waals surface area (Å²) in [6.07, 6.45) is 11.6. The third-order valence-corrected chi connectivity index (χ3v) is 14.6. The summed E-state index contributed by atoms with van der Waals surface area (Å²) in [6, 6.07) is 2.20. The van der Waals surface area contributed by atoms with Crippen molar-refractivity contribution in [3.8, 4) is 0 Å². The van der Waals surface area contributed by atoms with Crippen LogP contribution in [0.5, 0.6) is 0 Å². The van der Waals surface area contributed by atoms with Gasteiger partial charge < -0.3 is 13.3 Å². The average Bonchev–Trinajstić information content (AvgIpc) is 2.77. The molecule has 0 amide bonds. The van der Waals surface area contributed by atoms with Crippen LogP contribution < -0.4 is 0 Å². The van der Waals surface area contributed by atoms with E-state index in [0.29, 0.717) is 25.2 Å². The predicted molar refractivity (Wildman–Crippen MR) is 137 cm³/mol. The molecule has 0 N–H and O–H groups in total. The van der Waals surface area contributed by atoms with Crippen molar-refractivity contribution in [1.29, 1.82) is 0 Å². The van der Waals surface area contributed by atoms with Crippen molar-refractivity contribution >= 4 is 23.6 Å². The first-order valence-corrected chi connectivity index (χ1v) is 16.9. The highest BCUT2D eigenvalue weighted by Gasteiger charge is 2.51. The third-order valence-electron chi connectivity index (χ3n) is 6.87. The van der Waals surface area contributed by atoms with Gasteiger partial charge in [0.25, 0.3) is 14.3 Å². The van der Waals surface area contributed by atoms with Crippen molar-refractivity contribution in [2.24, 2.45) is 0 Å². The molecule has 0 aliphatic carbocycles. The SMILES string of the molecule is CCCCCC[Si](CCCCCC)(OC(=O)C(C)(CC)[Si](OCC)OCC)C(C)CC. The molecule has 31 heavy (non-hydrogen) atoms. The van der Waals surface area contributed by atoms with Crippen molar-refractivity contribution in [2.45, 2.75) is 142 Å². The molecule has 2 atom stereocenters. The molecule has 4 nitrogen and oxygen atoms in total. The normalized spacial score (nSPS) is 15.1. The Morgan fingerprint density at radius 3 is 1.68 bits per heavy atom. The second kappa shape index (κ2) is 17.3. The lowest BCUT2D eigenvalue weighted by atomic mass is 10.1. The Bertz CT molecular complexity index is 443. The maximum absolute atomic E-state index is 13.8. The molecule has 0 fully saturated rings. The third kappa shape index (κ3) is 10.1. The van der Waals surface area contributed by atoms with Crippen LogP contribution in [0.3, 0.4) is 0 Å². The Balaban J connectivity index is 5.78. The van der Waals surface area contributed by atoms with Crippen LogP contribution in [0.25, 0.3) is 0 Å². The summed E-state index contributed by atoms with van der Waals surface area (Å²) in [6.45, 7) is 18.3. The summed E-state index contributed by atoms with van der Waals surface area (Å²) in [7, 11) is -3.97. The highest BCUT2D eigenvalue weighted by atomic mass is 28.4. The Hall–Kier alpha value is -0.176. The number of hydrogen-bond acceptors (Lipinski definition) is 4. The minimum atomic E-state index is -2.22. The molecule has 2 unspecified atom stereocenters. The molecule has 0 aliphatic rings. The van der Waals surface area contributed by atoms with Gasteiger partial charge in [0.1, 0.15) is 5.04 Å². The monoisotopic (exact) mass is 473 g/mol. The number of rotatable bonds is 20. The van der Waals surface area contributed by atoms with Crippen LogP contribution in [0, 0.1) is 0 Å². The second-order valence-electron chi connectivity index (χ2n) is 9.22. The molecule has 185 valence electrons. The molecule has 0 aromatic heterocycles. The van der Waals surface area contributed by atoms with Gasteiger partial charge in [0.05, 0.1) is 0 Å². The highest BCUT2D eigenvalue weighted by molar-refractivity contribution is 6.77. The summed E-state index contributed by atoms with van der Waals surface area (Å²) >= 11 is 0. The highest BCUT2D eigenvalue weighted by Crippen LogP contribution is 2.42. The van der Waals surface area contributed by atoms with Gasteiger partial charge in [-0.2, -0.15) is 0 Å². The molecule has 0 bridgehead atoms. The fraction of sp³-hybridized carbons (Fsp3) is 0.960. The Morgan fingerprint density at radius 2 is 1.32 bits per heavy atom. The van der Waals surface area contributed by atoms with Crippen molar-refractivity contribution < 1.29 is 18.1 Å². The lowest BCUT2D eigenvalue weighted by Crippen LogP contribution is -2.50. The van der Waals surface area contributed by atoms with Gasteiger partial charge in [-0.25, -0.2) is 0 Å². The van der Waals surface area contributed by atoms with E-state index in [-0.39, 0.29) is 5.97 Å². The molecular weight excluding hydrogens is 420 g/mol. The summed E-state index contributed by atoms with van der Waals surface area (Å²) in [5.41, 5.74) is 0.482. The van der Waals surface area contributed by atoms with Gasteiger partial charge in [-0.15, -0.1) is 0 Å². The summed E-state index contributed by atoms with van der Waals surface area (Å²) in [5, 5.41) is -0.671. The summed E-state index contributed by atoms with van der Waals surface area (Å²) in [4.78, 5) is 13.8. The molecule has 1 radical (unpaired) electrons. The molecule has 0 rings (SSSR count). The minimum absolute atomic E-state index is 0.0521. The molecule has 0 saturated heterocycles. The molecule has 0 aromatic carbocycles. The van der Waals surface area contributed by atoms with Crippen LogP contribution in [0.15, 0.2) is 0 Å². The number of carbonyl (C=O) groups is 1. The first kappa shape index (κ1) is 30.8. The van der Waals surface area contributed by atoms with Crippen molar-refractivity contribution in [2.75, 3.05) is 13.2 Å². The Morgan fingerprint density at radius 1 is 0.839 bits per heavy atom. The summed E-state index contributed by atoms with van der Waals surface area (Å²) < 4.78 is 18.7. The molecule has 6 heteroatoms. The average molecular weight is 474 g/mol. The fourth-order valence-electron chi connectivity index (χ4n) is 4.19. The van der Waals surface area contributed by atoms with E-state index in [9.17, 15) is 4.79 Å². The van der Waals surface area contributed by atoms with E-state index in [4.69, 9.17) is 13.3 Å². The van der Waals surface area contributed by atoms with E-state index in [0.717, 1.165) is 18.5 Å². The van der Waals surface area contributed by atoms with E-state index in [1.807, 2.05) is 20.8 Å².